The predicted octanol–water partition coefficient (Wildman–Crippen LogP) is 2.75. The Morgan fingerprint density at radius 3 is 2.78 bits per heavy atom. The molecule has 116 valence electrons. The van der Waals surface area contributed by atoms with Gasteiger partial charge >= 0.3 is 5.97 Å². The highest BCUT2D eigenvalue weighted by Gasteiger charge is 2.13. The van der Waals surface area contributed by atoms with Crippen molar-refractivity contribution in [3.63, 3.8) is 0 Å². The Labute approximate surface area is 132 Å². The molecule has 1 heterocycles. The maximum Gasteiger partial charge on any atom is 0.335 e. The van der Waals surface area contributed by atoms with Crippen molar-refractivity contribution in [2.24, 2.45) is 0 Å². The minimum atomic E-state index is -1.04. The lowest BCUT2D eigenvalue weighted by molar-refractivity contribution is -0.115. The van der Waals surface area contributed by atoms with Gasteiger partial charge in [-0.05, 0) is 36.8 Å². The quantitative estimate of drug-likeness (QED) is 0.690. The van der Waals surface area contributed by atoms with Gasteiger partial charge in [-0.3, -0.25) is 4.79 Å². The van der Waals surface area contributed by atoms with E-state index in [4.69, 9.17) is 5.11 Å². The largest absolute Gasteiger partial charge is 0.478 e. The molecule has 0 aliphatic carbocycles. The topological polar surface area (TPSA) is 95.1 Å². The van der Waals surface area contributed by atoms with E-state index in [-0.39, 0.29) is 17.9 Å². The highest BCUT2D eigenvalue weighted by Crippen LogP contribution is 2.18. The Morgan fingerprint density at radius 2 is 2.00 bits per heavy atom. The minimum absolute atomic E-state index is 0.00249. The number of carbonyl (C=O) groups is 2. The highest BCUT2D eigenvalue weighted by atomic mass is 16.4. The van der Waals surface area contributed by atoms with Crippen molar-refractivity contribution in [1.82, 2.24) is 9.97 Å². The standard InChI is InChI=1S/C17H15N3O3/c1-10-18-14-7-6-12(9-15(14)19-10)20-16(21)8-11-4-2-3-5-13(11)17(22)23/h2-7,9H,8H2,1H3,(H,18,19)(H,20,21)(H,22,23). The van der Waals surface area contributed by atoms with Crippen LogP contribution in [0, 0.1) is 6.92 Å². The second-order valence-corrected chi connectivity index (χ2v) is 5.24. The summed E-state index contributed by atoms with van der Waals surface area (Å²) < 4.78 is 0. The van der Waals surface area contributed by atoms with Gasteiger partial charge < -0.3 is 15.4 Å². The van der Waals surface area contributed by atoms with Crippen LogP contribution in [-0.4, -0.2) is 27.0 Å². The number of aromatic carboxylic acids is 1. The third-order valence-corrected chi connectivity index (χ3v) is 3.48. The first kappa shape index (κ1) is 14.8. The van der Waals surface area contributed by atoms with Crippen LogP contribution in [0.4, 0.5) is 5.69 Å². The molecule has 1 aromatic heterocycles. The van der Waals surface area contributed by atoms with Crippen LogP contribution in [0.1, 0.15) is 21.7 Å². The molecular formula is C17H15N3O3. The number of benzene rings is 2. The van der Waals surface area contributed by atoms with Gasteiger partial charge in [0.15, 0.2) is 0 Å². The molecule has 6 nitrogen and oxygen atoms in total. The van der Waals surface area contributed by atoms with Gasteiger partial charge in [-0.25, -0.2) is 9.78 Å². The van der Waals surface area contributed by atoms with E-state index in [0.717, 1.165) is 16.9 Å². The molecule has 0 unspecified atom stereocenters. The van der Waals surface area contributed by atoms with E-state index >= 15 is 0 Å². The number of H-pyrrole nitrogens is 1. The predicted molar refractivity (Wildman–Crippen MR) is 86.6 cm³/mol. The number of carboxylic acids is 1. The summed E-state index contributed by atoms with van der Waals surface area (Å²) in [6, 6.07) is 11.9. The second kappa shape index (κ2) is 5.92. The molecule has 3 N–H and O–H groups in total. The number of aryl methyl sites for hydroxylation is 1. The molecule has 0 radical (unpaired) electrons. The van der Waals surface area contributed by atoms with E-state index in [9.17, 15) is 9.59 Å². The number of rotatable bonds is 4. The van der Waals surface area contributed by atoms with Crippen molar-refractivity contribution < 1.29 is 14.7 Å². The molecule has 3 rings (SSSR count). The highest BCUT2D eigenvalue weighted by molar-refractivity contribution is 5.97. The number of amides is 1. The summed E-state index contributed by atoms with van der Waals surface area (Å²) in [4.78, 5) is 30.7. The molecule has 1 amide bonds. The van der Waals surface area contributed by atoms with Crippen molar-refractivity contribution in [1.29, 1.82) is 0 Å². The summed E-state index contributed by atoms with van der Waals surface area (Å²) in [5.41, 5.74) is 2.93. The molecule has 0 saturated carbocycles. The maximum absolute atomic E-state index is 12.2. The van der Waals surface area contributed by atoms with Gasteiger partial charge in [0.1, 0.15) is 5.82 Å². The molecular weight excluding hydrogens is 294 g/mol. The van der Waals surface area contributed by atoms with Gasteiger partial charge in [-0.2, -0.15) is 0 Å². The lowest BCUT2D eigenvalue weighted by Gasteiger charge is -2.07. The second-order valence-electron chi connectivity index (χ2n) is 5.24. The monoisotopic (exact) mass is 309 g/mol. The smallest absolute Gasteiger partial charge is 0.335 e. The van der Waals surface area contributed by atoms with E-state index in [1.165, 1.54) is 6.07 Å². The fraction of sp³-hybridized carbons (Fsp3) is 0.118. The van der Waals surface area contributed by atoms with Crippen LogP contribution in [0.5, 0.6) is 0 Å². The number of nitrogens with zero attached hydrogens (tertiary/aromatic N) is 1. The van der Waals surface area contributed by atoms with Crippen molar-refractivity contribution in [2.75, 3.05) is 5.32 Å². The van der Waals surface area contributed by atoms with Crippen molar-refractivity contribution >= 4 is 28.6 Å². The number of fused-ring (bicyclic) bond motifs is 1. The Morgan fingerprint density at radius 1 is 1.22 bits per heavy atom. The van der Waals surface area contributed by atoms with Crippen LogP contribution in [0.2, 0.25) is 0 Å². The maximum atomic E-state index is 12.2. The molecule has 0 aliphatic heterocycles. The van der Waals surface area contributed by atoms with Gasteiger partial charge in [0.2, 0.25) is 5.91 Å². The Kier molecular flexibility index (Phi) is 3.80. The van der Waals surface area contributed by atoms with Gasteiger partial charge in [0.05, 0.1) is 23.0 Å². The van der Waals surface area contributed by atoms with Crippen molar-refractivity contribution in [2.45, 2.75) is 13.3 Å². The number of hydrogen-bond acceptors (Lipinski definition) is 3. The fourth-order valence-electron chi connectivity index (χ4n) is 2.48. The number of anilines is 1. The van der Waals surface area contributed by atoms with Gasteiger partial charge in [0.25, 0.3) is 0 Å². The minimum Gasteiger partial charge on any atom is -0.478 e. The molecule has 0 spiro atoms. The summed E-state index contributed by atoms with van der Waals surface area (Å²) in [5.74, 6) is -0.504. The average Bonchev–Trinajstić information content (AvgIpc) is 2.86. The van der Waals surface area contributed by atoms with Crippen LogP contribution in [-0.2, 0) is 11.2 Å². The third-order valence-electron chi connectivity index (χ3n) is 3.48. The molecule has 0 fully saturated rings. The first-order chi connectivity index (χ1) is 11.0. The average molecular weight is 309 g/mol. The molecule has 0 atom stereocenters. The Hall–Kier alpha value is -3.15. The Balaban J connectivity index is 1.77. The summed E-state index contributed by atoms with van der Waals surface area (Å²) in [5, 5.41) is 11.9. The number of nitrogens with one attached hydrogen (secondary N) is 2. The SMILES string of the molecule is Cc1nc2ccc(NC(=O)Cc3ccccc3C(=O)O)cc2[nH]1. The normalized spacial score (nSPS) is 10.7. The van der Waals surface area contributed by atoms with E-state index in [2.05, 4.69) is 15.3 Å². The van der Waals surface area contributed by atoms with E-state index in [1.54, 1.807) is 30.3 Å². The summed E-state index contributed by atoms with van der Waals surface area (Å²) in [6.45, 7) is 1.86. The van der Waals surface area contributed by atoms with Gasteiger partial charge in [0, 0.05) is 5.69 Å². The van der Waals surface area contributed by atoms with E-state index in [1.807, 2.05) is 13.0 Å². The van der Waals surface area contributed by atoms with E-state index in [0.29, 0.717) is 11.3 Å². The van der Waals surface area contributed by atoms with Crippen LogP contribution in [0.25, 0.3) is 11.0 Å². The number of imidazole rings is 1. The molecule has 23 heavy (non-hydrogen) atoms. The number of hydrogen-bond donors (Lipinski definition) is 3. The number of carboxylic acid groups (broad SMARTS) is 1. The van der Waals surface area contributed by atoms with Gasteiger partial charge in [-0.15, -0.1) is 0 Å². The van der Waals surface area contributed by atoms with Crippen molar-refractivity contribution in [3.05, 3.63) is 59.4 Å². The lowest BCUT2D eigenvalue weighted by Crippen LogP contribution is -2.16. The van der Waals surface area contributed by atoms with Crippen molar-refractivity contribution in [3.8, 4) is 0 Å². The zero-order valence-corrected chi connectivity index (χ0v) is 12.5. The van der Waals surface area contributed by atoms with Crippen LogP contribution in [0.3, 0.4) is 0 Å². The zero-order valence-electron chi connectivity index (χ0n) is 12.5. The first-order valence-electron chi connectivity index (χ1n) is 7.10. The first-order valence-corrected chi connectivity index (χ1v) is 7.10. The summed E-state index contributed by atoms with van der Waals surface area (Å²) >= 11 is 0. The zero-order chi connectivity index (χ0) is 16.4. The molecule has 2 aromatic carbocycles. The van der Waals surface area contributed by atoms with E-state index < -0.39 is 5.97 Å². The summed E-state index contributed by atoms with van der Waals surface area (Å²) in [7, 11) is 0. The number of carbonyl (C=O) groups excluding carboxylic acids is 1. The third kappa shape index (κ3) is 3.21. The molecule has 0 saturated heterocycles. The van der Waals surface area contributed by atoms with Gasteiger partial charge in [-0.1, -0.05) is 18.2 Å². The summed E-state index contributed by atoms with van der Waals surface area (Å²) in [6.07, 6.45) is 0.00249. The number of aromatic nitrogens is 2. The number of aromatic amines is 1. The molecule has 0 bridgehead atoms. The lowest BCUT2D eigenvalue weighted by atomic mass is 10.0. The van der Waals surface area contributed by atoms with Crippen LogP contribution < -0.4 is 5.32 Å². The molecule has 3 aromatic rings. The molecule has 0 aliphatic rings. The fourth-order valence-corrected chi connectivity index (χ4v) is 2.48. The van der Waals surface area contributed by atoms with Crippen LogP contribution >= 0.6 is 0 Å². The van der Waals surface area contributed by atoms with Crippen LogP contribution in [0.15, 0.2) is 42.5 Å². The molecule has 6 heteroatoms. The Bertz CT molecular complexity index is 899.